The maximum atomic E-state index is 11.9. The molecule has 0 aliphatic carbocycles. The van der Waals surface area contributed by atoms with Crippen LogP contribution in [0.1, 0.15) is 18.4 Å². The van der Waals surface area contributed by atoms with Crippen molar-refractivity contribution < 1.29 is 9.59 Å². The average molecular weight is 387 g/mol. The van der Waals surface area contributed by atoms with Crippen LogP contribution in [0, 0.1) is 0 Å². The van der Waals surface area contributed by atoms with Gasteiger partial charge < -0.3 is 4.90 Å². The highest BCUT2D eigenvalue weighted by molar-refractivity contribution is 7.07. The minimum atomic E-state index is -0.161. The van der Waals surface area contributed by atoms with Crippen LogP contribution in [0.5, 0.6) is 0 Å². The van der Waals surface area contributed by atoms with Crippen LogP contribution in [-0.2, 0) is 16.0 Å². The highest BCUT2D eigenvalue weighted by atomic mass is 32.1. The molecule has 0 saturated carbocycles. The average Bonchev–Trinajstić information content (AvgIpc) is 3.24. The van der Waals surface area contributed by atoms with Gasteiger partial charge in [0.25, 0.3) is 0 Å². The number of hydrazine groups is 1. The molecule has 2 aromatic rings. The molecule has 1 aromatic heterocycles. The third-order valence-electron chi connectivity index (χ3n) is 4.71. The molecule has 0 unspecified atom stereocenters. The number of nitrogens with zero attached hydrogens (tertiary/aromatic N) is 2. The second-order valence-corrected chi connectivity index (χ2v) is 7.42. The first-order valence-corrected chi connectivity index (χ1v) is 10.3. The van der Waals surface area contributed by atoms with Gasteiger partial charge in [-0.2, -0.15) is 11.3 Å². The number of benzene rings is 1. The third-order valence-corrected chi connectivity index (χ3v) is 5.44. The number of nitrogens with one attached hydrogen (secondary N) is 2. The zero-order chi connectivity index (χ0) is 18.9. The van der Waals surface area contributed by atoms with Gasteiger partial charge in [-0.25, -0.2) is 0 Å². The smallest absolute Gasteiger partial charge is 0.239 e. The van der Waals surface area contributed by atoms with Crippen molar-refractivity contribution in [3.05, 3.63) is 52.7 Å². The van der Waals surface area contributed by atoms with E-state index in [2.05, 4.69) is 44.9 Å². The molecule has 0 spiro atoms. The number of rotatable bonds is 7. The highest BCUT2D eigenvalue weighted by Crippen LogP contribution is 2.15. The summed E-state index contributed by atoms with van der Waals surface area (Å²) in [5.74, 6) is -0.310. The second-order valence-electron chi connectivity index (χ2n) is 6.64. The molecule has 1 aromatic carbocycles. The third kappa shape index (κ3) is 6.37. The molecular formula is C20H26N4O2S. The Balaban J connectivity index is 1.28. The van der Waals surface area contributed by atoms with Crippen molar-refractivity contribution in [3.8, 4) is 0 Å². The van der Waals surface area contributed by atoms with Gasteiger partial charge in [0.05, 0.1) is 0 Å². The van der Waals surface area contributed by atoms with Crippen molar-refractivity contribution in [1.82, 2.24) is 15.8 Å². The summed E-state index contributed by atoms with van der Waals surface area (Å²) < 4.78 is 0. The molecular weight excluding hydrogens is 360 g/mol. The number of carbonyl (C=O) groups is 2. The summed E-state index contributed by atoms with van der Waals surface area (Å²) >= 11 is 1.62. The van der Waals surface area contributed by atoms with E-state index in [4.69, 9.17) is 0 Å². The fourth-order valence-electron chi connectivity index (χ4n) is 3.09. The number of anilines is 1. The van der Waals surface area contributed by atoms with E-state index >= 15 is 0 Å². The van der Waals surface area contributed by atoms with Crippen molar-refractivity contribution in [2.75, 3.05) is 37.6 Å². The fourth-order valence-corrected chi connectivity index (χ4v) is 3.79. The molecule has 0 bridgehead atoms. The van der Waals surface area contributed by atoms with Crippen molar-refractivity contribution in [3.63, 3.8) is 0 Å². The van der Waals surface area contributed by atoms with E-state index in [0.717, 1.165) is 31.7 Å². The number of hydrogen-bond donors (Lipinski definition) is 2. The van der Waals surface area contributed by atoms with Gasteiger partial charge in [0.2, 0.25) is 11.8 Å². The van der Waals surface area contributed by atoms with Gasteiger partial charge in [0, 0.05) is 51.3 Å². The van der Waals surface area contributed by atoms with E-state index in [1.807, 2.05) is 22.9 Å². The number of aryl methyl sites for hydroxylation is 1. The van der Waals surface area contributed by atoms with E-state index in [1.165, 1.54) is 5.69 Å². The fraction of sp³-hybridized carbons (Fsp3) is 0.400. The monoisotopic (exact) mass is 386 g/mol. The van der Waals surface area contributed by atoms with Gasteiger partial charge >= 0.3 is 0 Å². The van der Waals surface area contributed by atoms with Crippen molar-refractivity contribution in [2.24, 2.45) is 0 Å². The lowest BCUT2D eigenvalue weighted by atomic mass is 10.2. The van der Waals surface area contributed by atoms with E-state index in [9.17, 15) is 9.59 Å². The molecule has 27 heavy (non-hydrogen) atoms. The van der Waals surface area contributed by atoms with Gasteiger partial charge in [0.1, 0.15) is 0 Å². The van der Waals surface area contributed by atoms with Crippen LogP contribution in [-0.4, -0.2) is 49.4 Å². The predicted octanol–water partition coefficient (Wildman–Crippen LogP) is 2.04. The minimum Gasteiger partial charge on any atom is -0.369 e. The Bertz CT molecular complexity index is 713. The molecule has 1 saturated heterocycles. The number of carbonyl (C=O) groups excluding carboxylic acids is 2. The molecule has 1 fully saturated rings. The minimum absolute atomic E-state index is 0.149. The van der Waals surface area contributed by atoms with Crippen molar-refractivity contribution >= 4 is 28.8 Å². The van der Waals surface area contributed by atoms with Gasteiger partial charge in [-0.1, -0.05) is 18.2 Å². The van der Waals surface area contributed by atoms with Gasteiger partial charge in [-0.3, -0.25) is 25.3 Å². The van der Waals surface area contributed by atoms with Gasteiger partial charge in [-0.15, -0.1) is 0 Å². The summed E-state index contributed by atoms with van der Waals surface area (Å²) in [6.07, 6.45) is 1.45. The summed E-state index contributed by atoms with van der Waals surface area (Å²) in [7, 11) is 0. The van der Waals surface area contributed by atoms with E-state index in [1.54, 1.807) is 11.3 Å². The Morgan fingerprint density at radius 1 is 0.926 bits per heavy atom. The van der Waals surface area contributed by atoms with Crippen LogP contribution in [0.4, 0.5) is 5.69 Å². The van der Waals surface area contributed by atoms with Crippen LogP contribution in [0.25, 0.3) is 0 Å². The van der Waals surface area contributed by atoms with E-state index in [0.29, 0.717) is 25.8 Å². The molecule has 0 radical (unpaired) electrons. The second kappa shape index (κ2) is 10.1. The summed E-state index contributed by atoms with van der Waals surface area (Å²) in [6.45, 7) is 4.51. The number of para-hydroxylation sites is 1. The molecule has 7 heteroatoms. The first-order valence-electron chi connectivity index (χ1n) is 9.32. The molecule has 2 N–H and O–H groups in total. The van der Waals surface area contributed by atoms with Crippen LogP contribution in [0.15, 0.2) is 47.2 Å². The number of piperazine rings is 1. The summed E-state index contributed by atoms with van der Waals surface area (Å²) in [5, 5.41) is 4.03. The lowest BCUT2D eigenvalue weighted by molar-refractivity contribution is -0.129. The van der Waals surface area contributed by atoms with Gasteiger partial charge in [0.15, 0.2) is 0 Å². The Hall–Kier alpha value is -2.38. The summed E-state index contributed by atoms with van der Waals surface area (Å²) in [4.78, 5) is 28.4. The van der Waals surface area contributed by atoms with Gasteiger partial charge in [-0.05, 0) is 40.9 Å². The standard InChI is InChI=1S/C20H26N4O2S/c25-19(7-6-17-9-15-27-16-17)21-22-20(26)8-10-23-11-13-24(14-12-23)18-4-2-1-3-5-18/h1-5,9,15-16H,6-8,10-14H2,(H,21,25)(H,22,26). The largest absolute Gasteiger partial charge is 0.369 e. The van der Waals surface area contributed by atoms with Crippen LogP contribution in [0.2, 0.25) is 0 Å². The Morgan fingerprint density at radius 3 is 2.30 bits per heavy atom. The lowest BCUT2D eigenvalue weighted by Crippen LogP contribution is -2.48. The quantitative estimate of drug-likeness (QED) is 0.715. The molecule has 144 valence electrons. The topological polar surface area (TPSA) is 64.7 Å². The van der Waals surface area contributed by atoms with Crippen molar-refractivity contribution in [2.45, 2.75) is 19.3 Å². The Labute approximate surface area is 164 Å². The maximum absolute atomic E-state index is 11.9. The predicted molar refractivity (Wildman–Crippen MR) is 109 cm³/mol. The van der Waals surface area contributed by atoms with Crippen LogP contribution < -0.4 is 15.8 Å². The Morgan fingerprint density at radius 2 is 1.63 bits per heavy atom. The first kappa shape index (κ1) is 19.4. The summed E-state index contributed by atoms with van der Waals surface area (Å²) in [6, 6.07) is 12.4. The zero-order valence-electron chi connectivity index (χ0n) is 15.4. The molecule has 1 aliphatic rings. The number of amides is 2. The van der Waals surface area contributed by atoms with E-state index < -0.39 is 0 Å². The molecule has 0 atom stereocenters. The summed E-state index contributed by atoms with van der Waals surface area (Å²) in [5.41, 5.74) is 7.41. The first-order chi connectivity index (χ1) is 13.2. The number of hydrogen-bond acceptors (Lipinski definition) is 5. The molecule has 6 nitrogen and oxygen atoms in total. The molecule has 2 heterocycles. The maximum Gasteiger partial charge on any atom is 0.239 e. The van der Waals surface area contributed by atoms with E-state index in [-0.39, 0.29) is 11.8 Å². The Kier molecular flexibility index (Phi) is 7.24. The number of thiophene rings is 1. The van der Waals surface area contributed by atoms with Crippen LogP contribution in [0.3, 0.4) is 0 Å². The zero-order valence-corrected chi connectivity index (χ0v) is 16.2. The highest BCUT2D eigenvalue weighted by Gasteiger charge is 2.17. The molecule has 2 amide bonds. The molecule has 3 rings (SSSR count). The molecule has 1 aliphatic heterocycles. The SMILES string of the molecule is O=C(CCc1ccsc1)NNC(=O)CCN1CCN(c2ccccc2)CC1. The normalized spacial score (nSPS) is 14.7. The van der Waals surface area contributed by atoms with Crippen LogP contribution >= 0.6 is 11.3 Å². The lowest BCUT2D eigenvalue weighted by Gasteiger charge is -2.36. The van der Waals surface area contributed by atoms with Crippen molar-refractivity contribution in [1.29, 1.82) is 0 Å².